The maximum Gasteiger partial charge on any atom is 0.123 e. The molecule has 0 radical (unpaired) electrons. The van der Waals surface area contributed by atoms with Crippen LogP contribution in [0.2, 0.25) is 0 Å². The van der Waals surface area contributed by atoms with Crippen molar-refractivity contribution in [2.45, 2.75) is 51.6 Å². The van der Waals surface area contributed by atoms with E-state index in [0.717, 1.165) is 19.3 Å². The van der Waals surface area contributed by atoms with Gasteiger partial charge in [-0.3, -0.25) is 0 Å². The van der Waals surface area contributed by atoms with Crippen LogP contribution in [0.3, 0.4) is 0 Å². The number of halogens is 1. The average molecular weight is 275 g/mol. The van der Waals surface area contributed by atoms with Gasteiger partial charge in [0.2, 0.25) is 0 Å². The molecule has 2 nitrogen and oxygen atoms in total. The molecule has 3 unspecified atom stereocenters. The van der Waals surface area contributed by atoms with Gasteiger partial charge < -0.3 is 5.11 Å². The Morgan fingerprint density at radius 1 is 1.55 bits per heavy atom. The summed E-state index contributed by atoms with van der Waals surface area (Å²) in [7, 11) is 0. The molecule has 1 N–H and O–H groups in total. The largest absolute Gasteiger partial charge is 0.384 e. The summed E-state index contributed by atoms with van der Waals surface area (Å²) in [6.07, 6.45) is 4.42. The molecule has 0 saturated heterocycles. The Kier molecular flexibility index (Phi) is 4.15. The van der Waals surface area contributed by atoms with Gasteiger partial charge in [-0.25, -0.2) is 4.39 Å². The smallest absolute Gasteiger partial charge is 0.123 e. The standard InChI is InChI=1S/C17H22FNO/c1-3-13-6-5-9-17(11-13,12-19)16(2,20)14-7-4-8-15(18)10-14/h4,7-8,10,13,20H,3,5-6,9,11H2,1-2H3. The first kappa shape index (κ1) is 15.0. The Morgan fingerprint density at radius 2 is 2.30 bits per heavy atom. The lowest BCUT2D eigenvalue weighted by atomic mass is 9.59. The van der Waals surface area contributed by atoms with Gasteiger partial charge in [0, 0.05) is 0 Å². The molecule has 1 fully saturated rings. The first-order valence-corrected chi connectivity index (χ1v) is 7.35. The van der Waals surface area contributed by atoms with E-state index in [2.05, 4.69) is 13.0 Å². The third kappa shape index (κ3) is 2.45. The highest BCUT2D eigenvalue weighted by molar-refractivity contribution is 5.29. The molecule has 0 aromatic heterocycles. The summed E-state index contributed by atoms with van der Waals surface area (Å²) >= 11 is 0. The van der Waals surface area contributed by atoms with Crippen molar-refractivity contribution in [2.75, 3.05) is 0 Å². The van der Waals surface area contributed by atoms with Gasteiger partial charge in [-0.2, -0.15) is 5.26 Å². The summed E-state index contributed by atoms with van der Waals surface area (Å²) in [6.45, 7) is 3.78. The summed E-state index contributed by atoms with van der Waals surface area (Å²) < 4.78 is 13.4. The normalized spacial score (nSPS) is 29.4. The molecule has 0 bridgehead atoms. The molecule has 1 aliphatic carbocycles. The quantitative estimate of drug-likeness (QED) is 0.900. The molecule has 0 heterocycles. The molecule has 1 aliphatic rings. The second-order valence-corrected chi connectivity index (χ2v) is 6.15. The zero-order chi connectivity index (χ0) is 14.8. The van der Waals surface area contributed by atoms with Gasteiger partial charge in [0.05, 0.1) is 11.5 Å². The summed E-state index contributed by atoms with van der Waals surface area (Å²) in [5.41, 5.74) is -1.65. The van der Waals surface area contributed by atoms with E-state index in [1.807, 2.05) is 0 Å². The number of nitrogens with zero attached hydrogens (tertiary/aromatic N) is 1. The van der Waals surface area contributed by atoms with Crippen molar-refractivity contribution in [1.82, 2.24) is 0 Å². The summed E-state index contributed by atoms with van der Waals surface area (Å²) in [4.78, 5) is 0. The van der Waals surface area contributed by atoms with E-state index in [1.165, 1.54) is 12.1 Å². The number of nitriles is 1. The molecule has 0 amide bonds. The summed E-state index contributed by atoms with van der Waals surface area (Å²) in [5.74, 6) is 0.0853. The minimum absolute atomic E-state index is 0.376. The fourth-order valence-corrected chi connectivity index (χ4v) is 3.46. The number of hydrogen-bond donors (Lipinski definition) is 1. The van der Waals surface area contributed by atoms with Crippen molar-refractivity contribution in [3.05, 3.63) is 35.6 Å². The van der Waals surface area contributed by atoms with E-state index in [0.29, 0.717) is 24.3 Å². The SMILES string of the molecule is CCC1CCCC(C#N)(C(C)(O)c2cccc(F)c2)C1. The second-order valence-electron chi connectivity index (χ2n) is 6.15. The molecule has 3 heteroatoms. The van der Waals surface area contributed by atoms with Crippen molar-refractivity contribution in [1.29, 1.82) is 5.26 Å². The molecule has 1 aromatic carbocycles. The van der Waals surface area contributed by atoms with Crippen LogP contribution in [-0.2, 0) is 5.60 Å². The van der Waals surface area contributed by atoms with E-state index in [9.17, 15) is 14.8 Å². The first-order valence-electron chi connectivity index (χ1n) is 7.35. The molecule has 108 valence electrons. The predicted molar refractivity (Wildman–Crippen MR) is 76.3 cm³/mol. The number of rotatable bonds is 3. The number of aliphatic hydroxyl groups is 1. The Morgan fingerprint density at radius 3 is 2.90 bits per heavy atom. The first-order chi connectivity index (χ1) is 9.45. The van der Waals surface area contributed by atoms with Gasteiger partial charge in [0.15, 0.2) is 0 Å². The number of benzene rings is 1. The van der Waals surface area contributed by atoms with Gasteiger partial charge in [-0.1, -0.05) is 38.3 Å². The van der Waals surface area contributed by atoms with E-state index in [1.54, 1.807) is 19.1 Å². The molecule has 0 aliphatic heterocycles. The molecule has 0 spiro atoms. The van der Waals surface area contributed by atoms with Crippen molar-refractivity contribution in [2.24, 2.45) is 11.3 Å². The highest BCUT2D eigenvalue weighted by atomic mass is 19.1. The Labute approximate surface area is 120 Å². The van der Waals surface area contributed by atoms with Crippen molar-refractivity contribution in [3.63, 3.8) is 0 Å². The molecular weight excluding hydrogens is 253 g/mol. The van der Waals surface area contributed by atoms with Gasteiger partial charge in [0.1, 0.15) is 11.4 Å². The number of hydrogen-bond acceptors (Lipinski definition) is 2. The lowest BCUT2D eigenvalue weighted by Crippen LogP contribution is -2.45. The van der Waals surface area contributed by atoms with Crippen molar-refractivity contribution >= 4 is 0 Å². The minimum Gasteiger partial charge on any atom is -0.384 e. The van der Waals surface area contributed by atoms with Crippen LogP contribution in [0.1, 0.15) is 51.5 Å². The predicted octanol–water partition coefficient (Wildman–Crippen LogP) is 4.14. The average Bonchev–Trinajstić information content (AvgIpc) is 2.47. The van der Waals surface area contributed by atoms with E-state index in [4.69, 9.17) is 0 Å². The molecular formula is C17H22FNO. The lowest BCUT2D eigenvalue weighted by Gasteiger charge is -2.45. The summed E-state index contributed by atoms with van der Waals surface area (Å²) in [5, 5.41) is 20.7. The van der Waals surface area contributed by atoms with Crippen LogP contribution in [0.25, 0.3) is 0 Å². The van der Waals surface area contributed by atoms with Crippen LogP contribution < -0.4 is 0 Å². The van der Waals surface area contributed by atoms with Gasteiger partial charge >= 0.3 is 0 Å². The van der Waals surface area contributed by atoms with Gasteiger partial charge in [-0.15, -0.1) is 0 Å². The zero-order valence-corrected chi connectivity index (χ0v) is 12.2. The molecule has 20 heavy (non-hydrogen) atoms. The zero-order valence-electron chi connectivity index (χ0n) is 12.2. The van der Waals surface area contributed by atoms with Crippen LogP contribution >= 0.6 is 0 Å². The fraction of sp³-hybridized carbons (Fsp3) is 0.588. The Balaban J connectivity index is 2.41. The maximum atomic E-state index is 13.4. The van der Waals surface area contributed by atoms with Crippen LogP contribution in [0.15, 0.2) is 24.3 Å². The molecule has 3 atom stereocenters. The van der Waals surface area contributed by atoms with Crippen LogP contribution in [0.5, 0.6) is 0 Å². The maximum absolute atomic E-state index is 13.4. The van der Waals surface area contributed by atoms with Gasteiger partial charge in [-0.05, 0) is 43.4 Å². The second kappa shape index (κ2) is 5.54. The summed E-state index contributed by atoms with van der Waals surface area (Å²) in [6, 6.07) is 8.36. The Bertz CT molecular complexity index is 520. The Hall–Kier alpha value is -1.40. The third-order valence-corrected chi connectivity index (χ3v) is 4.96. The van der Waals surface area contributed by atoms with E-state index < -0.39 is 11.0 Å². The van der Waals surface area contributed by atoms with E-state index >= 15 is 0 Å². The van der Waals surface area contributed by atoms with E-state index in [-0.39, 0.29) is 5.82 Å². The molecule has 1 aromatic rings. The lowest BCUT2D eigenvalue weighted by molar-refractivity contribution is -0.0740. The topological polar surface area (TPSA) is 44.0 Å². The monoisotopic (exact) mass is 275 g/mol. The minimum atomic E-state index is -1.32. The van der Waals surface area contributed by atoms with Crippen LogP contribution in [0.4, 0.5) is 4.39 Å². The fourth-order valence-electron chi connectivity index (χ4n) is 3.46. The van der Waals surface area contributed by atoms with Crippen LogP contribution in [0, 0.1) is 28.5 Å². The highest BCUT2D eigenvalue weighted by Gasteiger charge is 2.51. The van der Waals surface area contributed by atoms with Crippen molar-refractivity contribution < 1.29 is 9.50 Å². The molecule has 1 saturated carbocycles. The highest BCUT2D eigenvalue weighted by Crippen LogP contribution is 2.51. The van der Waals surface area contributed by atoms with Crippen LogP contribution in [-0.4, -0.2) is 5.11 Å². The van der Waals surface area contributed by atoms with Crippen molar-refractivity contribution in [3.8, 4) is 6.07 Å². The van der Waals surface area contributed by atoms with Gasteiger partial charge in [0.25, 0.3) is 0 Å². The third-order valence-electron chi connectivity index (χ3n) is 4.96. The molecule has 2 rings (SSSR count).